The predicted molar refractivity (Wildman–Crippen MR) is 158 cm³/mol. The van der Waals surface area contributed by atoms with Crippen LogP contribution in [0.3, 0.4) is 0 Å². The summed E-state index contributed by atoms with van der Waals surface area (Å²) in [5.41, 5.74) is 2.20. The van der Waals surface area contributed by atoms with Crippen LogP contribution in [0.4, 0.5) is 0 Å². The Morgan fingerprint density at radius 3 is 2.29 bits per heavy atom. The fourth-order valence-corrected chi connectivity index (χ4v) is 4.93. The summed E-state index contributed by atoms with van der Waals surface area (Å²) in [6.45, 7) is 0.864. The smallest absolute Gasteiger partial charge is 0.252 e. The highest BCUT2D eigenvalue weighted by Gasteiger charge is 2.53. The second-order valence-electron chi connectivity index (χ2n) is 9.90. The third-order valence-corrected chi connectivity index (χ3v) is 7.04. The summed E-state index contributed by atoms with van der Waals surface area (Å²) in [6.07, 6.45) is 0.186. The highest BCUT2D eigenvalue weighted by molar-refractivity contribution is 6.01. The van der Waals surface area contributed by atoms with E-state index in [4.69, 9.17) is 24.3 Å². The Balaban J connectivity index is 1.55. The number of methoxy groups -OCH3 is 1. The molecule has 0 spiro atoms. The highest BCUT2D eigenvalue weighted by Crippen LogP contribution is 2.43. The number of benzene rings is 4. The molecule has 210 valence electrons. The van der Waals surface area contributed by atoms with Gasteiger partial charge < -0.3 is 24.6 Å². The van der Waals surface area contributed by atoms with Crippen LogP contribution in [-0.2, 0) is 22.5 Å². The van der Waals surface area contributed by atoms with Crippen molar-refractivity contribution in [3.63, 3.8) is 0 Å². The molecule has 1 heterocycles. The largest absolute Gasteiger partial charge is 0.497 e. The molecule has 5 rings (SSSR count). The number of carbonyl (C=O) groups excluding carboxylic acids is 1. The fourth-order valence-electron chi connectivity index (χ4n) is 4.93. The maximum atomic E-state index is 14.3. The quantitative estimate of drug-likeness (QED) is 0.235. The van der Waals surface area contributed by atoms with E-state index in [0.29, 0.717) is 43.4 Å². The Kier molecular flexibility index (Phi) is 8.96. The Morgan fingerprint density at radius 2 is 1.61 bits per heavy atom. The molecular formula is C34H34N2O5. The molecule has 1 aliphatic heterocycles. The summed E-state index contributed by atoms with van der Waals surface area (Å²) in [6, 6.07) is 34.7. The number of aliphatic hydroxyl groups excluding tert-OH is 1. The number of nitrogens with one attached hydrogen (secondary N) is 1. The second-order valence-corrected chi connectivity index (χ2v) is 9.90. The van der Waals surface area contributed by atoms with Crippen molar-refractivity contribution in [2.75, 3.05) is 20.3 Å². The van der Waals surface area contributed by atoms with Crippen LogP contribution in [0.15, 0.2) is 114 Å². The monoisotopic (exact) mass is 550 g/mol. The molecule has 7 nitrogen and oxygen atoms in total. The molecule has 0 radical (unpaired) electrons. The summed E-state index contributed by atoms with van der Waals surface area (Å²) < 4.78 is 17.8. The van der Waals surface area contributed by atoms with E-state index < -0.39 is 11.6 Å². The van der Waals surface area contributed by atoms with Gasteiger partial charge in [0.2, 0.25) is 5.90 Å². The van der Waals surface area contributed by atoms with Crippen LogP contribution in [-0.4, -0.2) is 42.8 Å². The van der Waals surface area contributed by atoms with Crippen molar-refractivity contribution in [3.8, 4) is 11.5 Å². The van der Waals surface area contributed by atoms with Gasteiger partial charge in [0.25, 0.3) is 5.91 Å². The Morgan fingerprint density at radius 1 is 0.902 bits per heavy atom. The third kappa shape index (κ3) is 6.58. The zero-order valence-electron chi connectivity index (χ0n) is 23.0. The third-order valence-electron chi connectivity index (χ3n) is 7.04. The molecule has 0 saturated carbocycles. The highest BCUT2D eigenvalue weighted by atomic mass is 16.5. The van der Waals surface area contributed by atoms with Gasteiger partial charge in [0.1, 0.15) is 11.5 Å². The van der Waals surface area contributed by atoms with Crippen molar-refractivity contribution in [2.45, 2.75) is 31.0 Å². The topological polar surface area (TPSA) is 89.4 Å². The number of nitrogens with zero attached hydrogens (tertiary/aromatic N) is 1. The molecule has 2 N–H and O–H groups in total. The fraction of sp³-hybridized carbons (Fsp3) is 0.235. The average molecular weight is 551 g/mol. The molecule has 0 saturated heterocycles. The Labute approximate surface area is 240 Å². The van der Waals surface area contributed by atoms with Gasteiger partial charge in [-0.15, -0.1) is 0 Å². The van der Waals surface area contributed by atoms with E-state index in [-0.39, 0.29) is 12.5 Å². The van der Waals surface area contributed by atoms with Gasteiger partial charge in [-0.2, -0.15) is 0 Å². The number of aliphatic imine (C=N–C) groups is 1. The molecule has 0 fully saturated rings. The van der Waals surface area contributed by atoms with Gasteiger partial charge in [0.15, 0.2) is 11.6 Å². The standard InChI is InChI=1S/C34H34N2O5/c1-39-30-15-8-14-28(22-30)31-34(23-25-10-4-2-5-11-25,33(38)35-24-26-12-6-3-7-13-26)36-32(41-31)27-16-18-29(19-17-27)40-21-9-20-37/h2-8,10-19,22,31,37H,9,20-21,23-24H2,1H3,(H,35,38)/t31-,34-/m1/s1. The van der Waals surface area contributed by atoms with Crippen molar-refractivity contribution in [1.29, 1.82) is 0 Å². The van der Waals surface area contributed by atoms with Gasteiger partial charge in [-0.05, 0) is 53.1 Å². The summed E-state index contributed by atoms with van der Waals surface area (Å²) in [5, 5.41) is 12.2. The van der Waals surface area contributed by atoms with Gasteiger partial charge in [-0.3, -0.25) is 4.79 Å². The first-order valence-electron chi connectivity index (χ1n) is 13.7. The minimum absolute atomic E-state index is 0.0736. The molecular weight excluding hydrogens is 516 g/mol. The Hall–Kier alpha value is -4.62. The number of rotatable bonds is 12. The van der Waals surface area contributed by atoms with Crippen LogP contribution in [0, 0.1) is 0 Å². The van der Waals surface area contributed by atoms with Gasteiger partial charge in [0, 0.05) is 31.6 Å². The molecule has 4 aromatic carbocycles. The molecule has 0 aromatic heterocycles. The van der Waals surface area contributed by atoms with Crippen LogP contribution in [0.1, 0.15) is 34.8 Å². The SMILES string of the molecule is COc1cccc([C@H]2OC(c3ccc(OCCCO)cc3)=N[C@@]2(Cc2ccccc2)C(=O)NCc2ccccc2)c1. The lowest BCUT2D eigenvalue weighted by molar-refractivity contribution is -0.129. The summed E-state index contributed by atoms with van der Waals surface area (Å²) in [5.74, 6) is 1.51. The van der Waals surface area contributed by atoms with Crippen LogP contribution in [0.2, 0.25) is 0 Å². The van der Waals surface area contributed by atoms with E-state index in [1.165, 1.54) is 0 Å². The maximum Gasteiger partial charge on any atom is 0.252 e. The first-order chi connectivity index (χ1) is 20.1. The molecule has 7 heteroatoms. The van der Waals surface area contributed by atoms with Gasteiger partial charge >= 0.3 is 0 Å². The molecule has 0 bridgehead atoms. The van der Waals surface area contributed by atoms with Crippen molar-refractivity contribution >= 4 is 11.8 Å². The molecule has 0 unspecified atom stereocenters. The number of aliphatic hydroxyl groups is 1. The van der Waals surface area contributed by atoms with E-state index >= 15 is 0 Å². The number of hydrogen-bond donors (Lipinski definition) is 2. The zero-order valence-corrected chi connectivity index (χ0v) is 23.0. The van der Waals surface area contributed by atoms with Crippen molar-refractivity contribution < 1.29 is 24.1 Å². The number of ether oxygens (including phenoxy) is 3. The molecule has 1 amide bonds. The molecule has 4 aromatic rings. The van der Waals surface area contributed by atoms with Crippen LogP contribution in [0.5, 0.6) is 11.5 Å². The minimum atomic E-state index is -1.28. The average Bonchev–Trinajstić information content (AvgIpc) is 3.41. The normalized spacial score (nSPS) is 17.8. The predicted octanol–water partition coefficient (Wildman–Crippen LogP) is 5.27. The van der Waals surface area contributed by atoms with Crippen molar-refractivity contribution in [3.05, 3.63) is 131 Å². The van der Waals surface area contributed by atoms with Crippen molar-refractivity contribution in [1.82, 2.24) is 5.32 Å². The first-order valence-corrected chi connectivity index (χ1v) is 13.7. The molecule has 0 aliphatic carbocycles. The van der Waals surface area contributed by atoms with E-state index in [1.807, 2.05) is 109 Å². The lowest BCUT2D eigenvalue weighted by Crippen LogP contribution is -2.49. The van der Waals surface area contributed by atoms with Gasteiger partial charge in [-0.25, -0.2) is 4.99 Å². The molecule has 41 heavy (non-hydrogen) atoms. The van der Waals surface area contributed by atoms with E-state index in [0.717, 1.165) is 22.3 Å². The van der Waals surface area contributed by atoms with E-state index in [9.17, 15) is 4.79 Å². The first kappa shape index (κ1) is 27.9. The Bertz CT molecular complexity index is 1460. The minimum Gasteiger partial charge on any atom is -0.497 e. The van der Waals surface area contributed by atoms with Crippen LogP contribution >= 0.6 is 0 Å². The summed E-state index contributed by atoms with van der Waals surface area (Å²) >= 11 is 0. The summed E-state index contributed by atoms with van der Waals surface area (Å²) in [7, 11) is 1.62. The number of amides is 1. The second kappa shape index (κ2) is 13.2. The lowest BCUT2D eigenvalue weighted by atomic mass is 9.82. The number of carbonyl (C=O) groups is 1. The number of hydrogen-bond acceptors (Lipinski definition) is 6. The van der Waals surface area contributed by atoms with E-state index in [2.05, 4.69) is 5.32 Å². The zero-order chi connectivity index (χ0) is 28.5. The van der Waals surface area contributed by atoms with Gasteiger partial charge in [-0.1, -0.05) is 72.8 Å². The lowest BCUT2D eigenvalue weighted by Gasteiger charge is -2.31. The van der Waals surface area contributed by atoms with Crippen LogP contribution in [0.25, 0.3) is 0 Å². The van der Waals surface area contributed by atoms with Crippen LogP contribution < -0.4 is 14.8 Å². The van der Waals surface area contributed by atoms with E-state index in [1.54, 1.807) is 7.11 Å². The molecule has 1 aliphatic rings. The summed E-state index contributed by atoms with van der Waals surface area (Å²) in [4.78, 5) is 19.4. The maximum absolute atomic E-state index is 14.3. The van der Waals surface area contributed by atoms with Gasteiger partial charge in [0.05, 0.1) is 13.7 Å². The molecule has 2 atom stereocenters. The van der Waals surface area contributed by atoms with Crippen molar-refractivity contribution in [2.24, 2.45) is 4.99 Å².